The Kier molecular flexibility index (Phi) is 3.51. The van der Waals surface area contributed by atoms with Gasteiger partial charge in [0.15, 0.2) is 0 Å². The van der Waals surface area contributed by atoms with E-state index in [0.717, 1.165) is 25.4 Å². The van der Waals surface area contributed by atoms with E-state index < -0.39 is 0 Å². The zero-order valence-electron chi connectivity index (χ0n) is 11.3. The number of para-hydroxylation sites is 1. The number of rotatable bonds is 5. The van der Waals surface area contributed by atoms with Gasteiger partial charge in [-0.05, 0) is 24.6 Å². The average Bonchev–Trinajstić information content (AvgIpc) is 3.19. The second kappa shape index (κ2) is 5.45. The molecule has 0 saturated carbocycles. The van der Waals surface area contributed by atoms with Crippen molar-refractivity contribution in [2.45, 2.75) is 19.5 Å². The molecule has 0 N–H and O–H groups in total. The van der Waals surface area contributed by atoms with E-state index in [1.807, 2.05) is 30.3 Å². The summed E-state index contributed by atoms with van der Waals surface area (Å²) in [7, 11) is 0. The molecule has 1 aliphatic rings. The van der Waals surface area contributed by atoms with Gasteiger partial charge in [-0.25, -0.2) is 0 Å². The SMILES string of the molecule is Cc1ccc(CN2CC2COc2ccccc2)cc1. The summed E-state index contributed by atoms with van der Waals surface area (Å²) in [4.78, 5) is 2.44. The minimum atomic E-state index is 0.571. The number of benzene rings is 2. The van der Waals surface area contributed by atoms with Crippen LogP contribution in [-0.2, 0) is 6.54 Å². The fourth-order valence-corrected chi connectivity index (χ4v) is 2.21. The van der Waals surface area contributed by atoms with E-state index in [9.17, 15) is 0 Å². The Morgan fingerprint density at radius 1 is 1.05 bits per heavy atom. The highest BCUT2D eigenvalue weighted by Gasteiger charge is 2.34. The van der Waals surface area contributed by atoms with E-state index >= 15 is 0 Å². The fraction of sp³-hybridized carbons (Fsp3) is 0.294. The van der Waals surface area contributed by atoms with Crippen LogP contribution in [0.1, 0.15) is 11.1 Å². The van der Waals surface area contributed by atoms with Crippen LogP contribution in [0.4, 0.5) is 0 Å². The van der Waals surface area contributed by atoms with E-state index in [4.69, 9.17) is 4.74 Å². The van der Waals surface area contributed by atoms with Gasteiger partial charge < -0.3 is 4.74 Å². The van der Waals surface area contributed by atoms with Gasteiger partial charge in [-0.1, -0.05) is 48.0 Å². The van der Waals surface area contributed by atoms with Crippen molar-refractivity contribution in [2.24, 2.45) is 0 Å². The average molecular weight is 253 g/mol. The highest BCUT2D eigenvalue weighted by atomic mass is 16.5. The van der Waals surface area contributed by atoms with Crippen molar-refractivity contribution < 1.29 is 4.74 Å². The van der Waals surface area contributed by atoms with Gasteiger partial charge in [0.2, 0.25) is 0 Å². The number of ether oxygens (including phenoxy) is 1. The monoisotopic (exact) mass is 253 g/mol. The smallest absolute Gasteiger partial charge is 0.119 e. The molecule has 2 aromatic carbocycles. The molecule has 0 radical (unpaired) electrons. The van der Waals surface area contributed by atoms with Crippen LogP contribution in [0.5, 0.6) is 5.75 Å². The van der Waals surface area contributed by atoms with Gasteiger partial charge in [-0.3, -0.25) is 4.90 Å². The lowest BCUT2D eigenvalue weighted by molar-refractivity contribution is 0.293. The maximum absolute atomic E-state index is 5.78. The first-order chi connectivity index (χ1) is 9.31. The molecule has 0 spiro atoms. The lowest BCUT2D eigenvalue weighted by Crippen LogP contribution is -2.10. The van der Waals surface area contributed by atoms with Crippen molar-refractivity contribution >= 4 is 0 Å². The molecular weight excluding hydrogens is 234 g/mol. The molecule has 2 aromatic rings. The van der Waals surface area contributed by atoms with Gasteiger partial charge in [0.1, 0.15) is 12.4 Å². The molecule has 2 atom stereocenters. The summed E-state index contributed by atoms with van der Waals surface area (Å²) < 4.78 is 5.78. The predicted molar refractivity (Wildman–Crippen MR) is 77.3 cm³/mol. The van der Waals surface area contributed by atoms with Gasteiger partial charge in [0.25, 0.3) is 0 Å². The summed E-state index contributed by atoms with van der Waals surface area (Å²) in [6.07, 6.45) is 0. The lowest BCUT2D eigenvalue weighted by atomic mass is 10.1. The van der Waals surface area contributed by atoms with Crippen LogP contribution in [-0.4, -0.2) is 24.1 Å². The van der Waals surface area contributed by atoms with Crippen LogP contribution in [0.2, 0.25) is 0 Å². The van der Waals surface area contributed by atoms with E-state index in [1.165, 1.54) is 11.1 Å². The largest absolute Gasteiger partial charge is 0.492 e. The van der Waals surface area contributed by atoms with E-state index in [2.05, 4.69) is 36.1 Å². The summed E-state index contributed by atoms with van der Waals surface area (Å²) >= 11 is 0. The van der Waals surface area contributed by atoms with Crippen LogP contribution in [0.25, 0.3) is 0 Å². The molecular formula is C17H19NO. The Morgan fingerprint density at radius 2 is 1.79 bits per heavy atom. The summed E-state index contributed by atoms with van der Waals surface area (Å²) in [6, 6.07) is 19.4. The van der Waals surface area contributed by atoms with Crippen LogP contribution in [0.3, 0.4) is 0 Å². The lowest BCUT2D eigenvalue weighted by Gasteiger charge is -2.07. The van der Waals surface area contributed by atoms with Crippen molar-refractivity contribution in [3.8, 4) is 5.75 Å². The molecule has 1 fully saturated rings. The minimum Gasteiger partial charge on any atom is -0.492 e. The molecule has 2 nitrogen and oxygen atoms in total. The van der Waals surface area contributed by atoms with Gasteiger partial charge in [0.05, 0.1) is 6.04 Å². The standard InChI is InChI=1S/C17H19NO/c1-14-7-9-15(10-8-14)11-18-12-16(18)13-19-17-5-3-2-4-6-17/h2-10,16H,11-13H2,1H3. The van der Waals surface area contributed by atoms with E-state index in [-0.39, 0.29) is 0 Å². The highest BCUT2D eigenvalue weighted by molar-refractivity contribution is 5.23. The van der Waals surface area contributed by atoms with Crippen molar-refractivity contribution in [1.29, 1.82) is 0 Å². The van der Waals surface area contributed by atoms with E-state index in [1.54, 1.807) is 0 Å². The zero-order valence-corrected chi connectivity index (χ0v) is 11.3. The van der Waals surface area contributed by atoms with Crippen molar-refractivity contribution in [2.75, 3.05) is 13.2 Å². The fourth-order valence-electron chi connectivity index (χ4n) is 2.21. The molecule has 0 bridgehead atoms. The normalized spacial score (nSPS) is 21.1. The topological polar surface area (TPSA) is 12.2 Å². The number of aryl methyl sites for hydroxylation is 1. The number of nitrogens with zero attached hydrogens (tertiary/aromatic N) is 1. The molecule has 1 aliphatic heterocycles. The first-order valence-corrected chi connectivity index (χ1v) is 6.79. The molecule has 2 unspecified atom stereocenters. The highest BCUT2D eigenvalue weighted by Crippen LogP contribution is 2.22. The summed E-state index contributed by atoms with van der Waals surface area (Å²) in [5.41, 5.74) is 2.70. The van der Waals surface area contributed by atoms with Crippen LogP contribution >= 0.6 is 0 Å². The number of hydrogen-bond acceptors (Lipinski definition) is 2. The van der Waals surface area contributed by atoms with Gasteiger partial charge in [-0.2, -0.15) is 0 Å². The van der Waals surface area contributed by atoms with Crippen molar-refractivity contribution in [1.82, 2.24) is 4.90 Å². The maximum Gasteiger partial charge on any atom is 0.119 e. The van der Waals surface area contributed by atoms with Gasteiger partial charge in [-0.15, -0.1) is 0 Å². The van der Waals surface area contributed by atoms with Crippen LogP contribution in [0, 0.1) is 6.92 Å². The first-order valence-electron chi connectivity index (χ1n) is 6.79. The summed E-state index contributed by atoms with van der Waals surface area (Å²) in [5, 5.41) is 0. The third-order valence-electron chi connectivity index (χ3n) is 3.52. The van der Waals surface area contributed by atoms with Gasteiger partial charge >= 0.3 is 0 Å². The second-order valence-electron chi connectivity index (χ2n) is 5.19. The Bertz CT molecular complexity index is 521. The second-order valence-corrected chi connectivity index (χ2v) is 5.19. The zero-order chi connectivity index (χ0) is 13.1. The quantitative estimate of drug-likeness (QED) is 0.758. The first kappa shape index (κ1) is 12.2. The molecule has 1 heterocycles. The molecule has 2 heteroatoms. The molecule has 1 saturated heterocycles. The molecule has 0 aromatic heterocycles. The summed E-state index contributed by atoms with van der Waals surface area (Å²) in [6.45, 7) is 5.08. The Labute approximate surface area is 114 Å². The van der Waals surface area contributed by atoms with E-state index in [0.29, 0.717) is 6.04 Å². The number of hydrogen-bond donors (Lipinski definition) is 0. The molecule has 0 aliphatic carbocycles. The van der Waals surface area contributed by atoms with Crippen molar-refractivity contribution in [3.05, 3.63) is 65.7 Å². The van der Waals surface area contributed by atoms with Gasteiger partial charge in [0, 0.05) is 13.1 Å². The third kappa shape index (κ3) is 3.36. The molecule has 98 valence electrons. The Morgan fingerprint density at radius 3 is 2.53 bits per heavy atom. The Balaban J connectivity index is 1.45. The minimum absolute atomic E-state index is 0.571. The molecule has 3 rings (SSSR count). The van der Waals surface area contributed by atoms with Crippen LogP contribution in [0.15, 0.2) is 54.6 Å². The van der Waals surface area contributed by atoms with Crippen LogP contribution < -0.4 is 4.74 Å². The predicted octanol–water partition coefficient (Wildman–Crippen LogP) is 3.26. The maximum atomic E-state index is 5.78. The third-order valence-corrected chi connectivity index (χ3v) is 3.52. The summed E-state index contributed by atoms with van der Waals surface area (Å²) in [5.74, 6) is 0.963. The molecule has 0 amide bonds. The van der Waals surface area contributed by atoms with Crippen molar-refractivity contribution in [3.63, 3.8) is 0 Å². The molecule has 19 heavy (non-hydrogen) atoms. The Hall–Kier alpha value is -1.80.